The van der Waals surface area contributed by atoms with Crippen molar-refractivity contribution in [1.82, 2.24) is 0 Å². The average Bonchev–Trinajstić information content (AvgIpc) is 3.24. The number of aliphatic hydroxyl groups excluding tert-OH is 2. The number of pyridine rings is 1. The van der Waals surface area contributed by atoms with Crippen LogP contribution >= 0.6 is 21.6 Å². The summed E-state index contributed by atoms with van der Waals surface area (Å²) in [6.07, 6.45) is 20.1. The molecule has 6 nitrogen and oxygen atoms in total. The SMILES string of the molecule is OCC[NH+]=C\C=C/C=C/C=C/c1ccc(N(CCSSCCN(Cc2ccccc2)c2ccc(/C=C/c3cccc[n+]3CCO)cc2)Cc2ccccc2)cc1. The van der Waals surface area contributed by atoms with E-state index in [1.807, 2.05) is 76.5 Å². The topological polar surface area (TPSA) is 64.8 Å². The Hall–Kier alpha value is -5.12. The molecule has 5 rings (SSSR count). The molecule has 0 aliphatic carbocycles. The van der Waals surface area contributed by atoms with E-state index in [2.05, 4.69) is 153 Å². The predicted octanol–water partition coefficient (Wildman–Crippen LogP) is 7.50. The van der Waals surface area contributed by atoms with Crippen molar-refractivity contribution in [3.05, 3.63) is 192 Å². The minimum Gasteiger partial charge on any atom is -0.390 e. The monoisotopic (exact) mass is 782 g/mol. The molecule has 0 spiro atoms. The Balaban J connectivity index is 1.15. The highest BCUT2D eigenvalue weighted by Crippen LogP contribution is 2.26. The van der Waals surface area contributed by atoms with Crippen LogP contribution in [0.2, 0.25) is 0 Å². The Morgan fingerprint density at radius 2 is 1.07 bits per heavy atom. The Morgan fingerprint density at radius 3 is 1.64 bits per heavy atom. The van der Waals surface area contributed by atoms with E-state index in [0.29, 0.717) is 13.1 Å². The summed E-state index contributed by atoms with van der Waals surface area (Å²) in [5, 5.41) is 18.3. The maximum atomic E-state index is 9.43. The van der Waals surface area contributed by atoms with Gasteiger partial charge in [0.15, 0.2) is 25.5 Å². The standard InChI is InChI=1S/C48H53N4O2S2/c53-36-31-49-30-12-3-1-2-6-14-42-20-26-47(27-21-42)51(40-44-15-7-4-8-16-44)34-38-55-56-39-35-52(41-45-17-9-5-10-18-45)48-28-23-43(24-29-48)22-25-46-19-11-13-32-50(46)33-37-54/h1-30,32,53-54H,31,33-41H2/q+1/p+1/b2-1+,12-3-,14-6+,49-30?. The van der Waals surface area contributed by atoms with Gasteiger partial charge in [-0.25, -0.2) is 4.99 Å². The number of aromatic nitrogens is 1. The normalized spacial score (nSPS) is 11.9. The summed E-state index contributed by atoms with van der Waals surface area (Å²) >= 11 is 0. The van der Waals surface area contributed by atoms with Gasteiger partial charge in [-0.1, -0.05) is 137 Å². The van der Waals surface area contributed by atoms with Gasteiger partial charge in [-0.15, -0.1) is 0 Å². The number of hydrogen-bond donors (Lipinski definition) is 3. The number of aliphatic hydroxyl groups is 2. The molecule has 5 aromatic rings. The fourth-order valence-electron chi connectivity index (χ4n) is 5.98. The third kappa shape index (κ3) is 15.2. The summed E-state index contributed by atoms with van der Waals surface area (Å²) in [6.45, 7) is 4.99. The zero-order chi connectivity index (χ0) is 38.9. The summed E-state index contributed by atoms with van der Waals surface area (Å²) in [4.78, 5) is 7.96. The van der Waals surface area contributed by atoms with Crippen molar-refractivity contribution < 1.29 is 19.8 Å². The van der Waals surface area contributed by atoms with Gasteiger partial charge in [0.05, 0.1) is 0 Å². The zero-order valence-electron chi connectivity index (χ0n) is 32.0. The van der Waals surface area contributed by atoms with Crippen molar-refractivity contribution in [3.8, 4) is 0 Å². The third-order valence-corrected chi connectivity index (χ3v) is 11.3. The molecule has 288 valence electrons. The van der Waals surface area contributed by atoms with Gasteiger partial charge in [0.1, 0.15) is 13.2 Å². The van der Waals surface area contributed by atoms with Crippen LogP contribution in [-0.2, 0) is 19.6 Å². The van der Waals surface area contributed by atoms with E-state index >= 15 is 0 Å². The first-order chi connectivity index (χ1) is 27.7. The minimum absolute atomic E-state index is 0.114. The number of hydrogen-bond acceptors (Lipinski definition) is 6. The molecule has 1 aromatic heterocycles. The Kier molecular flexibility index (Phi) is 18.9. The van der Waals surface area contributed by atoms with Crippen LogP contribution in [0.1, 0.15) is 27.9 Å². The summed E-state index contributed by atoms with van der Waals surface area (Å²) in [7, 11) is 3.90. The first kappa shape index (κ1) is 42.0. The first-order valence-electron chi connectivity index (χ1n) is 19.2. The lowest BCUT2D eigenvalue weighted by Crippen LogP contribution is -2.69. The smallest absolute Gasteiger partial charge is 0.205 e. The van der Waals surface area contributed by atoms with E-state index in [0.717, 1.165) is 54.5 Å². The molecule has 0 atom stereocenters. The van der Waals surface area contributed by atoms with Crippen LogP contribution < -0.4 is 19.4 Å². The molecule has 0 aliphatic rings. The van der Waals surface area contributed by atoms with Crippen molar-refractivity contribution >= 4 is 57.4 Å². The van der Waals surface area contributed by atoms with Crippen molar-refractivity contribution in [2.24, 2.45) is 0 Å². The fraction of sp³-hybridized carbons (Fsp3) is 0.208. The lowest BCUT2D eigenvalue weighted by atomic mass is 10.1. The second-order valence-corrected chi connectivity index (χ2v) is 15.7. The zero-order valence-corrected chi connectivity index (χ0v) is 33.7. The molecule has 0 bridgehead atoms. The molecular weight excluding hydrogens is 729 g/mol. The van der Waals surface area contributed by atoms with Crippen molar-refractivity contribution in [1.29, 1.82) is 0 Å². The second kappa shape index (κ2) is 25.1. The maximum absolute atomic E-state index is 9.43. The van der Waals surface area contributed by atoms with Gasteiger partial charge in [0, 0.05) is 73.3 Å². The number of nitrogens with zero attached hydrogens (tertiary/aromatic N) is 3. The molecular formula is C48H54N4O2S2+2. The van der Waals surface area contributed by atoms with Gasteiger partial charge in [-0.05, 0) is 58.7 Å². The van der Waals surface area contributed by atoms with Crippen LogP contribution in [-0.4, -0.2) is 60.8 Å². The molecule has 1 heterocycles. The van der Waals surface area contributed by atoms with Crippen molar-refractivity contribution in [2.45, 2.75) is 19.6 Å². The summed E-state index contributed by atoms with van der Waals surface area (Å²) in [5.74, 6) is 2.03. The molecule has 0 amide bonds. The molecule has 4 aromatic carbocycles. The minimum atomic E-state index is 0.114. The molecule has 0 fully saturated rings. The number of benzene rings is 4. The van der Waals surface area contributed by atoms with Gasteiger partial charge in [-0.3, -0.25) is 0 Å². The first-order valence-corrected chi connectivity index (χ1v) is 21.7. The van der Waals surface area contributed by atoms with Gasteiger partial charge in [0.2, 0.25) is 5.69 Å². The van der Waals surface area contributed by atoms with Crippen LogP contribution in [0.3, 0.4) is 0 Å². The maximum Gasteiger partial charge on any atom is 0.205 e. The van der Waals surface area contributed by atoms with Crippen molar-refractivity contribution in [3.63, 3.8) is 0 Å². The van der Waals surface area contributed by atoms with E-state index in [1.165, 1.54) is 22.5 Å². The molecule has 8 heteroatoms. The van der Waals surface area contributed by atoms with Crippen LogP contribution in [0, 0.1) is 0 Å². The van der Waals surface area contributed by atoms with E-state index in [9.17, 15) is 5.11 Å². The van der Waals surface area contributed by atoms with Crippen LogP contribution in [0.25, 0.3) is 18.2 Å². The fourth-order valence-corrected chi connectivity index (χ4v) is 7.96. The highest BCUT2D eigenvalue weighted by molar-refractivity contribution is 8.76. The van der Waals surface area contributed by atoms with Gasteiger partial charge in [-0.2, -0.15) is 4.57 Å². The van der Waals surface area contributed by atoms with Crippen molar-refractivity contribution in [2.75, 3.05) is 54.2 Å². The van der Waals surface area contributed by atoms with Crippen LogP contribution in [0.4, 0.5) is 11.4 Å². The highest BCUT2D eigenvalue weighted by Gasteiger charge is 2.11. The number of nitrogens with one attached hydrogen (secondary N) is 1. The van der Waals surface area contributed by atoms with Gasteiger partial charge < -0.3 is 20.0 Å². The summed E-state index contributed by atoms with van der Waals surface area (Å²) < 4.78 is 2.06. The van der Waals surface area contributed by atoms with Gasteiger partial charge in [0.25, 0.3) is 0 Å². The largest absolute Gasteiger partial charge is 0.390 e. The van der Waals surface area contributed by atoms with Crippen LogP contribution in [0.5, 0.6) is 0 Å². The number of anilines is 2. The predicted molar refractivity (Wildman–Crippen MR) is 242 cm³/mol. The summed E-state index contributed by atoms with van der Waals surface area (Å²) in [5.41, 5.74) is 8.41. The lowest BCUT2D eigenvalue weighted by molar-refractivity contribution is -0.699. The van der Waals surface area contributed by atoms with E-state index in [-0.39, 0.29) is 13.2 Å². The third-order valence-electron chi connectivity index (χ3n) is 8.89. The quantitative estimate of drug-likeness (QED) is 0.0210. The Bertz CT molecular complexity index is 1980. The molecule has 0 radical (unpaired) electrons. The Morgan fingerprint density at radius 1 is 0.536 bits per heavy atom. The average molecular weight is 783 g/mol. The molecule has 0 saturated heterocycles. The molecule has 0 unspecified atom stereocenters. The number of allylic oxidation sites excluding steroid dienone is 5. The molecule has 56 heavy (non-hydrogen) atoms. The molecule has 3 N–H and O–H groups in total. The molecule has 0 aliphatic heterocycles. The van der Waals surface area contributed by atoms with E-state index in [1.54, 1.807) is 0 Å². The molecule has 0 saturated carbocycles. The lowest BCUT2D eigenvalue weighted by Gasteiger charge is -2.26. The van der Waals surface area contributed by atoms with Crippen LogP contribution in [0.15, 0.2) is 164 Å². The Labute approximate surface area is 341 Å². The highest BCUT2D eigenvalue weighted by atomic mass is 33.1. The van der Waals surface area contributed by atoms with E-state index < -0.39 is 0 Å². The number of rotatable bonds is 23. The second-order valence-electron chi connectivity index (χ2n) is 13.0. The van der Waals surface area contributed by atoms with E-state index in [4.69, 9.17) is 5.11 Å². The summed E-state index contributed by atoms with van der Waals surface area (Å²) in [6, 6.07) is 45.1. The van der Waals surface area contributed by atoms with Gasteiger partial charge >= 0.3 is 0 Å².